The minimum absolute atomic E-state index is 0.412. The smallest absolute Gasteiger partial charge is 0.172 e. The molecule has 0 fully saturated rings. The van der Waals surface area contributed by atoms with E-state index < -0.39 is 0 Å². The first-order valence-corrected chi connectivity index (χ1v) is 6.22. The number of unbranched alkanes of at least 4 members (excludes halogenated alkanes) is 1. The Labute approximate surface area is 107 Å². The second-order valence-electron chi connectivity index (χ2n) is 4.38. The minimum Gasteiger partial charge on any atom is -0.296 e. The standard InChI is InChI=1S/C14H17N3O/c1-3-4-9-17-14(13(10-18)15-16-17)12-7-5-11(2)6-8-12/h5-8,10H,3-4,9H2,1-2H3. The molecule has 0 saturated heterocycles. The fourth-order valence-electron chi connectivity index (χ4n) is 1.88. The Morgan fingerprint density at radius 1 is 1.28 bits per heavy atom. The zero-order chi connectivity index (χ0) is 13.0. The number of hydrogen-bond acceptors (Lipinski definition) is 3. The molecule has 1 heterocycles. The van der Waals surface area contributed by atoms with Crippen molar-refractivity contribution in [2.45, 2.75) is 33.2 Å². The average molecular weight is 243 g/mol. The van der Waals surface area contributed by atoms with E-state index in [1.54, 1.807) is 0 Å². The monoisotopic (exact) mass is 243 g/mol. The summed E-state index contributed by atoms with van der Waals surface area (Å²) in [5, 5.41) is 7.99. The molecule has 4 nitrogen and oxygen atoms in total. The summed E-state index contributed by atoms with van der Waals surface area (Å²) in [6.45, 7) is 4.96. The zero-order valence-corrected chi connectivity index (χ0v) is 10.8. The van der Waals surface area contributed by atoms with Crippen molar-refractivity contribution in [2.24, 2.45) is 0 Å². The van der Waals surface area contributed by atoms with Crippen molar-refractivity contribution >= 4 is 6.29 Å². The number of aromatic nitrogens is 3. The number of benzene rings is 1. The van der Waals surface area contributed by atoms with Crippen molar-refractivity contribution < 1.29 is 4.79 Å². The lowest BCUT2D eigenvalue weighted by Gasteiger charge is -2.06. The fourth-order valence-corrected chi connectivity index (χ4v) is 1.88. The predicted molar refractivity (Wildman–Crippen MR) is 70.5 cm³/mol. The van der Waals surface area contributed by atoms with Crippen LogP contribution < -0.4 is 0 Å². The van der Waals surface area contributed by atoms with Gasteiger partial charge in [0, 0.05) is 12.1 Å². The van der Waals surface area contributed by atoms with Gasteiger partial charge >= 0.3 is 0 Å². The minimum atomic E-state index is 0.412. The van der Waals surface area contributed by atoms with Crippen LogP contribution in [-0.4, -0.2) is 21.3 Å². The fraction of sp³-hybridized carbons (Fsp3) is 0.357. The summed E-state index contributed by atoms with van der Waals surface area (Å²) in [4.78, 5) is 11.0. The van der Waals surface area contributed by atoms with E-state index in [9.17, 15) is 4.79 Å². The van der Waals surface area contributed by atoms with E-state index in [2.05, 4.69) is 17.2 Å². The van der Waals surface area contributed by atoms with Crippen LogP contribution in [0.4, 0.5) is 0 Å². The Balaban J connectivity index is 2.42. The van der Waals surface area contributed by atoms with Gasteiger partial charge in [-0.1, -0.05) is 48.4 Å². The molecule has 0 amide bonds. The lowest BCUT2D eigenvalue weighted by Crippen LogP contribution is -2.03. The summed E-state index contributed by atoms with van der Waals surface area (Å²) in [5.74, 6) is 0. The van der Waals surface area contributed by atoms with Gasteiger partial charge in [-0.15, -0.1) is 5.10 Å². The molecule has 0 aliphatic heterocycles. The first-order valence-electron chi connectivity index (χ1n) is 6.22. The highest BCUT2D eigenvalue weighted by atomic mass is 16.1. The molecule has 0 unspecified atom stereocenters. The molecule has 18 heavy (non-hydrogen) atoms. The lowest BCUT2D eigenvalue weighted by molar-refractivity contribution is 0.111. The van der Waals surface area contributed by atoms with Crippen LogP contribution in [0.5, 0.6) is 0 Å². The van der Waals surface area contributed by atoms with E-state index in [-0.39, 0.29) is 0 Å². The summed E-state index contributed by atoms with van der Waals surface area (Å²) >= 11 is 0. The highest BCUT2D eigenvalue weighted by Crippen LogP contribution is 2.22. The zero-order valence-electron chi connectivity index (χ0n) is 10.8. The molecule has 2 rings (SSSR count). The number of carbonyl (C=O) groups is 1. The van der Waals surface area contributed by atoms with E-state index >= 15 is 0 Å². The quantitative estimate of drug-likeness (QED) is 0.759. The molecule has 1 aromatic heterocycles. The summed E-state index contributed by atoms with van der Waals surface area (Å²) in [6, 6.07) is 8.06. The number of rotatable bonds is 5. The predicted octanol–water partition coefficient (Wildman–Crippen LogP) is 2.87. The van der Waals surface area contributed by atoms with Gasteiger partial charge in [-0.3, -0.25) is 4.79 Å². The molecular weight excluding hydrogens is 226 g/mol. The van der Waals surface area contributed by atoms with Gasteiger partial charge in [0.05, 0.1) is 5.69 Å². The Kier molecular flexibility index (Phi) is 3.87. The van der Waals surface area contributed by atoms with Crippen LogP contribution in [-0.2, 0) is 6.54 Å². The number of nitrogens with zero attached hydrogens (tertiary/aromatic N) is 3. The maximum atomic E-state index is 11.0. The van der Waals surface area contributed by atoms with Gasteiger partial charge in [-0.25, -0.2) is 4.68 Å². The summed E-state index contributed by atoms with van der Waals surface area (Å²) in [7, 11) is 0. The third kappa shape index (κ3) is 2.47. The second kappa shape index (κ2) is 5.58. The van der Waals surface area contributed by atoms with Crippen LogP contribution in [0.25, 0.3) is 11.3 Å². The Morgan fingerprint density at radius 3 is 2.61 bits per heavy atom. The van der Waals surface area contributed by atoms with Crippen molar-refractivity contribution in [3.05, 3.63) is 35.5 Å². The van der Waals surface area contributed by atoms with Crippen LogP contribution >= 0.6 is 0 Å². The summed E-state index contributed by atoms with van der Waals surface area (Å²) < 4.78 is 1.82. The molecule has 0 atom stereocenters. The van der Waals surface area contributed by atoms with E-state index in [4.69, 9.17) is 0 Å². The van der Waals surface area contributed by atoms with E-state index in [0.29, 0.717) is 5.69 Å². The number of carbonyl (C=O) groups excluding carboxylic acids is 1. The molecule has 4 heteroatoms. The van der Waals surface area contributed by atoms with Gasteiger partial charge in [-0.05, 0) is 13.3 Å². The first-order chi connectivity index (χ1) is 8.76. The molecule has 0 aliphatic rings. The molecule has 0 aliphatic carbocycles. The maximum absolute atomic E-state index is 11.0. The maximum Gasteiger partial charge on any atom is 0.172 e. The normalized spacial score (nSPS) is 10.6. The average Bonchev–Trinajstić information content (AvgIpc) is 2.80. The molecule has 0 radical (unpaired) electrons. The van der Waals surface area contributed by atoms with Crippen molar-refractivity contribution in [1.82, 2.24) is 15.0 Å². The largest absolute Gasteiger partial charge is 0.296 e. The van der Waals surface area contributed by atoms with E-state index in [1.807, 2.05) is 35.9 Å². The molecule has 94 valence electrons. The van der Waals surface area contributed by atoms with Crippen LogP contribution in [0, 0.1) is 6.92 Å². The first kappa shape index (κ1) is 12.5. The van der Waals surface area contributed by atoms with Crippen LogP contribution in [0.3, 0.4) is 0 Å². The molecular formula is C14H17N3O. The Morgan fingerprint density at radius 2 is 2.00 bits per heavy atom. The van der Waals surface area contributed by atoms with Gasteiger partial charge in [0.15, 0.2) is 12.0 Å². The second-order valence-corrected chi connectivity index (χ2v) is 4.38. The molecule has 0 spiro atoms. The highest BCUT2D eigenvalue weighted by Gasteiger charge is 2.13. The van der Waals surface area contributed by atoms with Gasteiger partial charge < -0.3 is 0 Å². The topological polar surface area (TPSA) is 47.8 Å². The molecule has 1 aromatic carbocycles. The third-order valence-electron chi connectivity index (χ3n) is 2.92. The molecule has 0 N–H and O–H groups in total. The lowest BCUT2D eigenvalue weighted by atomic mass is 10.1. The third-order valence-corrected chi connectivity index (χ3v) is 2.92. The van der Waals surface area contributed by atoms with Gasteiger partial charge in [0.2, 0.25) is 0 Å². The highest BCUT2D eigenvalue weighted by molar-refractivity contribution is 5.83. The van der Waals surface area contributed by atoms with E-state index in [0.717, 1.165) is 36.9 Å². The van der Waals surface area contributed by atoms with Crippen molar-refractivity contribution in [2.75, 3.05) is 0 Å². The number of aryl methyl sites for hydroxylation is 2. The molecule has 2 aromatic rings. The van der Waals surface area contributed by atoms with E-state index in [1.165, 1.54) is 5.56 Å². The summed E-state index contributed by atoms with van der Waals surface area (Å²) in [5.41, 5.74) is 3.41. The molecule has 0 bridgehead atoms. The van der Waals surface area contributed by atoms with Crippen LogP contribution in [0.1, 0.15) is 35.8 Å². The molecule has 0 saturated carbocycles. The van der Waals surface area contributed by atoms with Crippen molar-refractivity contribution in [3.63, 3.8) is 0 Å². The summed E-state index contributed by atoms with van der Waals surface area (Å²) in [6.07, 6.45) is 2.88. The number of aldehydes is 1. The Hall–Kier alpha value is -1.97. The van der Waals surface area contributed by atoms with Gasteiger partial charge in [0.1, 0.15) is 0 Å². The van der Waals surface area contributed by atoms with Crippen LogP contribution in [0.2, 0.25) is 0 Å². The SMILES string of the molecule is CCCCn1nnc(C=O)c1-c1ccc(C)cc1. The van der Waals surface area contributed by atoms with Gasteiger partial charge in [-0.2, -0.15) is 0 Å². The van der Waals surface area contributed by atoms with Crippen molar-refractivity contribution in [3.8, 4) is 11.3 Å². The van der Waals surface area contributed by atoms with Crippen LogP contribution in [0.15, 0.2) is 24.3 Å². The number of hydrogen-bond donors (Lipinski definition) is 0. The Bertz CT molecular complexity index is 528. The van der Waals surface area contributed by atoms with Crippen molar-refractivity contribution in [1.29, 1.82) is 0 Å². The van der Waals surface area contributed by atoms with Gasteiger partial charge in [0.25, 0.3) is 0 Å².